The molecule has 0 N–H and O–H groups in total. The summed E-state index contributed by atoms with van der Waals surface area (Å²) >= 11 is 7.01. The van der Waals surface area contributed by atoms with Gasteiger partial charge in [-0.3, -0.25) is 4.79 Å². The van der Waals surface area contributed by atoms with Crippen LogP contribution in [-0.4, -0.2) is 5.78 Å². The molecule has 0 spiro atoms. The molecule has 1 aliphatic rings. The first-order valence-electron chi connectivity index (χ1n) is 5.82. The predicted molar refractivity (Wildman–Crippen MR) is 82.2 cm³/mol. The standard InChI is InChI=1S/C14H11BrOS2/c15-14-7-6-13(18-14)12-5-4-11(17-12)9-2-1-3-10(16)8-9/h4-8H,1-3H2. The highest BCUT2D eigenvalue weighted by Gasteiger charge is 2.14. The van der Waals surface area contributed by atoms with Crippen molar-refractivity contribution in [3.05, 3.63) is 39.0 Å². The monoisotopic (exact) mass is 338 g/mol. The predicted octanol–water partition coefficient (Wildman–Crippen LogP) is 5.38. The molecule has 0 aromatic carbocycles. The molecular formula is C14H11BrOS2. The van der Waals surface area contributed by atoms with E-state index in [2.05, 4.69) is 40.2 Å². The third-order valence-electron chi connectivity index (χ3n) is 2.94. The van der Waals surface area contributed by atoms with Gasteiger partial charge in [-0.25, -0.2) is 0 Å². The molecule has 0 bridgehead atoms. The second kappa shape index (κ2) is 5.11. The Kier molecular flexibility index (Phi) is 3.50. The molecule has 18 heavy (non-hydrogen) atoms. The molecule has 0 amide bonds. The number of carbonyl (C=O) groups is 1. The lowest BCUT2D eigenvalue weighted by atomic mass is 9.98. The molecule has 92 valence electrons. The van der Waals surface area contributed by atoms with Gasteiger partial charge in [-0.05, 0) is 64.7 Å². The lowest BCUT2D eigenvalue weighted by molar-refractivity contribution is -0.114. The largest absolute Gasteiger partial charge is 0.295 e. The van der Waals surface area contributed by atoms with Gasteiger partial charge >= 0.3 is 0 Å². The summed E-state index contributed by atoms with van der Waals surface area (Å²) in [5.41, 5.74) is 1.21. The van der Waals surface area contributed by atoms with Gasteiger partial charge in [0.25, 0.3) is 0 Å². The minimum absolute atomic E-state index is 0.269. The van der Waals surface area contributed by atoms with E-state index in [1.807, 2.05) is 6.08 Å². The normalized spacial score (nSPS) is 15.8. The molecule has 0 atom stereocenters. The van der Waals surface area contributed by atoms with E-state index in [-0.39, 0.29) is 5.78 Å². The summed E-state index contributed by atoms with van der Waals surface area (Å²) in [6.45, 7) is 0. The number of halogens is 1. The highest BCUT2D eigenvalue weighted by atomic mass is 79.9. The van der Waals surface area contributed by atoms with Crippen LogP contribution in [0.4, 0.5) is 0 Å². The zero-order valence-electron chi connectivity index (χ0n) is 9.61. The summed E-state index contributed by atoms with van der Waals surface area (Å²) in [6.07, 6.45) is 4.55. The quantitative estimate of drug-likeness (QED) is 0.718. The first-order valence-corrected chi connectivity index (χ1v) is 8.24. The number of carbonyl (C=O) groups excluding carboxylic acids is 1. The van der Waals surface area contributed by atoms with Gasteiger partial charge in [0.05, 0.1) is 3.79 Å². The van der Waals surface area contributed by atoms with Gasteiger partial charge in [0, 0.05) is 21.1 Å². The number of rotatable bonds is 2. The molecule has 2 heterocycles. The molecule has 1 aliphatic carbocycles. The number of hydrogen-bond donors (Lipinski definition) is 0. The van der Waals surface area contributed by atoms with Crippen molar-refractivity contribution in [1.82, 2.24) is 0 Å². The first-order chi connectivity index (χ1) is 8.72. The van der Waals surface area contributed by atoms with Crippen LogP contribution in [0.5, 0.6) is 0 Å². The third kappa shape index (κ3) is 2.51. The molecule has 4 heteroatoms. The van der Waals surface area contributed by atoms with Crippen LogP contribution >= 0.6 is 38.6 Å². The summed E-state index contributed by atoms with van der Waals surface area (Å²) in [4.78, 5) is 15.2. The fraction of sp³-hybridized carbons (Fsp3) is 0.214. The molecule has 0 saturated carbocycles. The fourth-order valence-corrected chi connectivity index (χ4v) is 4.60. The van der Waals surface area contributed by atoms with Gasteiger partial charge < -0.3 is 0 Å². The molecule has 2 aromatic heterocycles. The summed E-state index contributed by atoms with van der Waals surface area (Å²) in [5.74, 6) is 0.269. The van der Waals surface area contributed by atoms with Crippen molar-refractivity contribution in [3.63, 3.8) is 0 Å². The van der Waals surface area contributed by atoms with Crippen molar-refractivity contribution in [2.45, 2.75) is 19.3 Å². The van der Waals surface area contributed by atoms with E-state index in [1.165, 1.54) is 20.2 Å². The van der Waals surface area contributed by atoms with Crippen LogP contribution in [0.25, 0.3) is 15.3 Å². The maximum atomic E-state index is 11.5. The Balaban J connectivity index is 1.92. The van der Waals surface area contributed by atoms with Crippen LogP contribution < -0.4 is 0 Å². The Labute approximate surface area is 122 Å². The van der Waals surface area contributed by atoms with Crippen LogP contribution in [0.3, 0.4) is 0 Å². The van der Waals surface area contributed by atoms with E-state index in [1.54, 1.807) is 22.7 Å². The summed E-state index contributed by atoms with van der Waals surface area (Å²) < 4.78 is 1.15. The minimum atomic E-state index is 0.269. The highest BCUT2D eigenvalue weighted by molar-refractivity contribution is 9.11. The van der Waals surface area contributed by atoms with Crippen LogP contribution in [0, 0.1) is 0 Å². The third-order valence-corrected chi connectivity index (χ3v) is 5.92. The lowest BCUT2D eigenvalue weighted by Crippen LogP contribution is -2.00. The van der Waals surface area contributed by atoms with Crippen molar-refractivity contribution >= 4 is 50.0 Å². The Hall–Kier alpha value is -0.710. The number of allylic oxidation sites excluding steroid dienone is 2. The van der Waals surface area contributed by atoms with Gasteiger partial charge in [0.15, 0.2) is 5.78 Å². The van der Waals surface area contributed by atoms with E-state index in [9.17, 15) is 4.79 Å². The lowest BCUT2D eigenvalue weighted by Gasteiger charge is -2.09. The van der Waals surface area contributed by atoms with E-state index in [0.717, 1.165) is 16.6 Å². The molecule has 0 saturated heterocycles. The maximum Gasteiger partial charge on any atom is 0.156 e. The van der Waals surface area contributed by atoms with Crippen LogP contribution in [0.15, 0.2) is 34.1 Å². The Bertz CT molecular complexity index is 621. The summed E-state index contributed by atoms with van der Waals surface area (Å²) in [6, 6.07) is 8.49. The fourth-order valence-electron chi connectivity index (χ4n) is 2.08. The van der Waals surface area contributed by atoms with Crippen LogP contribution in [0.1, 0.15) is 24.1 Å². The molecule has 0 radical (unpaired) electrons. The van der Waals surface area contributed by atoms with Crippen molar-refractivity contribution in [2.24, 2.45) is 0 Å². The van der Waals surface area contributed by atoms with Crippen LogP contribution in [0.2, 0.25) is 0 Å². The van der Waals surface area contributed by atoms with Gasteiger partial charge in [0.2, 0.25) is 0 Å². The number of hydrogen-bond acceptors (Lipinski definition) is 3. The van der Waals surface area contributed by atoms with Crippen molar-refractivity contribution in [3.8, 4) is 9.75 Å². The van der Waals surface area contributed by atoms with Gasteiger partial charge in [0.1, 0.15) is 0 Å². The Morgan fingerprint density at radius 2 is 1.67 bits per heavy atom. The second-order valence-corrected chi connectivity index (χ2v) is 7.80. The summed E-state index contributed by atoms with van der Waals surface area (Å²) in [5, 5.41) is 0. The summed E-state index contributed by atoms with van der Waals surface area (Å²) in [7, 11) is 0. The smallest absolute Gasteiger partial charge is 0.156 e. The molecule has 0 fully saturated rings. The Morgan fingerprint density at radius 1 is 0.944 bits per heavy atom. The van der Waals surface area contributed by atoms with Gasteiger partial charge in [-0.15, -0.1) is 22.7 Å². The number of ketones is 1. The molecule has 1 nitrogen and oxygen atoms in total. The van der Waals surface area contributed by atoms with E-state index < -0.39 is 0 Å². The van der Waals surface area contributed by atoms with Crippen LogP contribution in [-0.2, 0) is 4.79 Å². The first kappa shape index (κ1) is 12.3. The van der Waals surface area contributed by atoms with Gasteiger partial charge in [-0.2, -0.15) is 0 Å². The Morgan fingerprint density at radius 3 is 2.39 bits per heavy atom. The van der Waals surface area contributed by atoms with Crippen molar-refractivity contribution in [1.29, 1.82) is 0 Å². The zero-order valence-corrected chi connectivity index (χ0v) is 12.8. The zero-order chi connectivity index (χ0) is 12.5. The average molecular weight is 339 g/mol. The topological polar surface area (TPSA) is 17.1 Å². The van der Waals surface area contributed by atoms with Crippen molar-refractivity contribution < 1.29 is 4.79 Å². The maximum absolute atomic E-state index is 11.5. The highest BCUT2D eigenvalue weighted by Crippen LogP contribution is 2.39. The second-order valence-electron chi connectivity index (χ2n) is 4.26. The van der Waals surface area contributed by atoms with Crippen molar-refractivity contribution in [2.75, 3.05) is 0 Å². The van der Waals surface area contributed by atoms with Gasteiger partial charge in [-0.1, -0.05) is 0 Å². The average Bonchev–Trinajstić information content (AvgIpc) is 2.97. The van der Waals surface area contributed by atoms with E-state index in [4.69, 9.17) is 0 Å². The molecular weight excluding hydrogens is 328 g/mol. The van der Waals surface area contributed by atoms with E-state index in [0.29, 0.717) is 6.42 Å². The molecule has 3 rings (SSSR count). The molecule has 2 aromatic rings. The molecule has 0 unspecified atom stereocenters. The minimum Gasteiger partial charge on any atom is -0.295 e. The SMILES string of the molecule is O=C1C=C(c2ccc(-c3ccc(Br)s3)s2)CCC1. The number of thiophene rings is 2. The van der Waals surface area contributed by atoms with E-state index >= 15 is 0 Å². The molecule has 0 aliphatic heterocycles.